The molecule has 0 atom stereocenters. The van der Waals surface area contributed by atoms with Gasteiger partial charge in [0.25, 0.3) is 0 Å². The quantitative estimate of drug-likeness (QED) is 0.155. The summed E-state index contributed by atoms with van der Waals surface area (Å²) in [4.78, 5) is 23.1. The molecule has 0 spiro atoms. The van der Waals surface area contributed by atoms with E-state index in [0.717, 1.165) is 77.0 Å². The Kier molecular flexibility index (Phi) is 20.7. The average molecular weight is 429 g/mol. The molecule has 3 N–H and O–H groups in total. The van der Waals surface area contributed by atoms with Gasteiger partial charge >= 0.3 is 11.9 Å². The molecule has 0 unspecified atom stereocenters. The van der Waals surface area contributed by atoms with E-state index in [-0.39, 0.29) is 26.4 Å². The van der Waals surface area contributed by atoms with Crippen molar-refractivity contribution in [2.24, 2.45) is 0 Å². The molecule has 0 heterocycles. The van der Waals surface area contributed by atoms with Crippen LogP contribution in [0.2, 0.25) is 0 Å². The molecule has 0 aliphatic rings. The molecule has 7 heteroatoms. The lowest BCUT2D eigenvalue weighted by Crippen LogP contribution is -2.24. The monoisotopic (exact) mass is 428 g/mol. The third kappa shape index (κ3) is 21.0. The Labute approximate surface area is 180 Å². The van der Waals surface area contributed by atoms with Crippen molar-refractivity contribution in [3.63, 3.8) is 0 Å². The summed E-state index contributed by atoms with van der Waals surface area (Å²) in [7, 11) is 0. The van der Waals surface area contributed by atoms with Crippen LogP contribution in [0, 0.1) is 0 Å². The second-order valence-electron chi connectivity index (χ2n) is 7.28. The summed E-state index contributed by atoms with van der Waals surface area (Å²) in [6.07, 6.45) is 16.6. The SMILES string of the molecule is O=C(C=CCCCCCCCO)OCC(O)COC(=O)C=CCCCCCCCO. The smallest absolute Gasteiger partial charge is 0.330 e. The maximum atomic E-state index is 11.6. The van der Waals surface area contributed by atoms with Crippen LogP contribution < -0.4 is 0 Å². The summed E-state index contributed by atoms with van der Waals surface area (Å²) in [5.41, 5.74) is 0. The summed E-state index contributed by atoms with van der Waals surface area (Å²) >= 11 is 0. The highest BCUT2D eigenvalue weighted by Gasteiger charge is 2.09. The summed E-state index contributed by atoms with van der Waals surface area (Å²) in [5, 5.41) is 27.1. The number of rotatable bonds is 20. The standard InChI is InChI=1S/C23H40O7/c24-17-13-9-5-1-3-7-11-15-22(27)29-19-21(26)20-30-23(28)16-12-8-4-2-6-10-14-18-25/h11-12,15-16,21,24-26H,1-10,13-14,17-20H2. The first-order valence-corrected chi connectivity index (χ1v) is 11.2. The van der Waals surface area contributed by atoms with Crippen LogP contribution in [0.3, 0.4) is 0 Å². The average Bonchev–Trinajstić information content (AvgIpc) is 2.74. The van der Waals surface area contributed by atoms with Crippen LogP contribution in [0.5, 0.6) is 0 Å². The van der Waals surface area contributed by atoms with Crippen molar-refractivity contribution >= 4 is 11.9 Å². The molecule has 7 nitrogen and oxygen atoms in total. The van der Waals surface area contributed by atoms with Crippen molar-refractivity contribution in [3.05, 3.63) is 24.3 Å². The highest BCUT2D eigenvalue weighted by atomic mass is 16.6. The zero-order valence-electron chi connectivity index (χ0n) is 18.2. The minimum Gasteiger partial charge on any atom is -0.460 e. The molecule has 30 heavy (non-hydrogen) atoms. The Morgan fingerprint density at radius 3 is 1.40 bits per heavy atom. The number of allylic oxidation sites excluding steroid dienone is 2. The van der Waals surface area contributed by atoms with Gasteiger partial charge in [0, 0.05) is 25.4 Å². The van der Waals surface area contributed by atoms with E-state index >= 15 is 0 Å². The molecule has 0 aromatic rings. The minimum absolute atomic E-state index is 0.227. The van der Waals surface area contributed by atoms with Gasteiger partial charge in [-0.3, -0.25) is 0 Å². The molecule has 0 aromatic carbocycles. The number of ether oxygens (including phenoxy) is 2. The summed E-state index contributed by atoms with van der Waals surface area (Å²) < 4.78 is 9.84. The minimum atomic E-state index is -1.06. The van der Waals surface area contributed by atoms with Crippen LogP contribution in [0.25, 0.3) is 0 Å². The third-order valence-corrected chi connectivity index (χ3v) is 4.40. The topological polar surface area (TPSA) is 113 Å². The van der Waals surface area contributed by atoms with Crippen molar-refractivity contribution in [1.29, 1.82) is 0 Å². The van der Waals surface area contributed by atoms with E-state index in [2.05, 4.69) is 0 Å². The lowest BCUT2D eigenvalue weighted by atomic mass is 10.1. The van der Waals surface area contributed by atoms with Crippen molar-refractivity contribution in [1.82, 2.24) is 0 Å². The van der Waals surface area contributed by atoms with Gasteiger partial charge in [0.05, 0.1) is 0 Å². The van der Waals surface area contributed by atoms with Crippen LogP contribution in [-0.2, 0) is 19.1 Å². The Bertz CT molecular complexity index is 432. The van der Waals surface area contributed by atoms with Gasteiger partial charge in [-0.05, 0) is 38.5 Å². The van der Waals surface area contributed by atoms with E-state index in [0.29, 0.717) is 0 Å². The van der Waals surface area contributed by atoms with Crippen LogP contribution in [0.4, 0.5) is 0 Å². The van der Waals surface area contributed by atoms with Crippen molar-refractivity contribution in [2.75, 3.05) is 26.4 Å². The zero-order chi connectivity index (χ0) is 22.3. The fourth-order valence-electron chi connectivity index (χ4n) is 2.67. The molecule has 0 rings (SSSR count). The molecule has 0 bridgehead atoms. The number of hydrogen-bond donors (Lipinski definition) is 3. The second-order valence-corrected chi connectivity index (χ2v) is 7.28. The first-order valence-electron chi connectivity index (χ1n) is 11.2. The van der Waals surface area contributed by atoms with Gasteiger partial charge in [0.2, 0.25) is 0 Å². The van der Waals surface area contributed by atoms with E-state index in [9.17, 15) is 14.7 Å². The van der Waals surface area contributed by atoms with Crippen LogP contribution in [0.1, 0.15) is 77.0 Å². The fraction of sp³-hybridized carbons (Fsp3) is 0.739. The van der Waals surface area contributed by atoms with Crippen LogP contribution in [-0.4, -0.2) is 59.8 Å². The molecular weight excluding hydrogens is 388 g/mol. The molecule has 0 amide bonds. The maximum Gasteiger partial charge on any atom is 0.330 e. The highest BCUT2D eigenvalue weighted by Crippen LogP contribution is 2.06. The Balaban J connectivity index is 3.64. The predicted molar refractivity (Wildman–Crippen MR) is 116 cm³/mol. The van der Waals surface area contributed by atoms with E-state index in [4.69, 9.17) is 19.7 Å². The van der Waals surface area contributed by atoms with Crippen molar-refractivity contribution < 1.29 is 34.4 Å². The first-order chi connectivity index (χ1) is 14.6. The highest BCUT2D eigenvalue weighted by molar-refractivity contribution is 5.82. The fourth-order valence-corrected chi connectivity index (χ4v) is 2.67. The maximum absolute atomic E-state index is 11.6. The summed E-state index contributed by atoms with van der Waals surface area (Å²) in [6, 6.07) is 0. The van der Waals surface area contributed by atoms with Gasteiger partial charge in [0.15, 0.2) is 0 Å². The van der Waals surface area contributed by atoms with E-state index in [1.54, 1.807) is 12.2 Å². The molecule has 0 saturated carbocycles. The Hall–Kier alpha value is -1.70. The largest absolute Gasteiger partial charge is 0.460 e. The van der Waals surface area contributed by atoms with E-state index < -0.39 is 18.0 Å². The van der Waals surface area contributed by atoms with Crippen molar-refractivity contribution in [3.8, 4) is 0 Å². The molecule has 0 aliphatic heterocycles. The summed E-state index contributed by atoms with van der Waals surface area (Å²) in [6.45, 7) is 0.0197. The molecule has 0 saturated heterocycles. The first kappa shape index (κ1) is 28.3. The van der Waals surface area contributed by atoms with Crippen LogP contribution in [0.15, 0.2) is 24.3 Å². The number of aliphatic hydroxyl groups is 3. The predicted octanol–water partition coefficient (Wildman–Crippen LogP) is 3.21. The molecule has 174 valence electrons. The van der Waals surface area contributed by atoms with Crippen molar-refractivity contribution in [2.45, 2.75) is 83.2 Å². The zero-order valence-corrected chi connectivity index (χ0v) is 18.2. The molecule has 0 fully saturated rings. The molecular formula is C23H40O7. The number of aliphatic hydroxyl groups excluding tert-OH is 3. The number of carbonyl (C=O) groups excluding carboxylic acids is 2. The summed E-state index contributed by atoms with van der Waals surface area (Å²) in [5.74, 6) is -1.06. The van der Waals surface area contributed by atoms with Gasteiger partial charge in [-0.2, -0.15) is 0 Å². The van der Waals surface area contributed by atoms with Crippen LogP contribution >= 0.6 is 0 Å². The number of carbonyl (C=O) groups is 2. The number of unbranched alkanes of at least 4 members (excludes halogenated alkanes) is 10. The lowest BCUT2D eigenvalue weighted by Gasteiger charge is -2.10. The third-order valence-electron chi connectivity index (χ3n) is 4.40. The number of esters is 2. The molecule has 0 radical (unpaired) electrons. The van der Waals surface area contributed by atoms with Gasteiger partial charge in [-0.15, -0.1) is 0 Å². The number of hydrogen-bond acceptors (Lipinski definition) is 7. The van der Waals surface area contributed by atoms with E-state index in [1.807, 2.05) is 0 Å². The van der Waals surface area contributed by atoms with Gasteiger partial charge in [0.1, 0.15) is 19.3 Å². The second kappa shape index (κ2) is 22.0. The molecule has 0 aliphatic carbocycles. The normalized spacial score (nSPS) is 12.5. The van der Waals surface area contributed by atoms with Gasteiger partial charge in [-0.1, -0.05) is 50.7 Å². The van der Waals surface area contributed by atoms with Gasteiger partial charge < -0.3 is 24.8 Å². The Morgan fingerprint density at radius 1 is 0.633 bits per heavy atom. The Morgan fingerprint density at radius 2 is 1.00 bits per heavy atom. The van der Waals surface area contributed by atoms with Gasteiger partial charge in [-0.25, -0.2) is 9.59 Å². The lowest BCUT2D eigenvalue weighted by molar-refractivity contribution is -0.146. The van der Waals surface area contributed by atoms with E-state index in [1.165, 1.54) is 12.2 Å². The molecule has 0 aromatic heterocycles.